The lowest BCUT2D eigenvalue weighted by Gasteiger charge is -2.39. The molecule has 0 aromatic carbocycles. The van der Waals surface area contributed by atoms with Gasteiger partial charge in [-0.2, -0.15) is 0 Å². The first-order valence-electron chi connectivity index (χ1n) is 10.2. The Hall–Kier alpha value is -2.47. The van der Waals surface area contributed by atoms with Crippen LogP contribution in [0, 0.1) is 5.41 Å². The summed E-state index contributed by atoms with van der Waals surface area (Å²) in [6, 6.07) is 2.13. The zero-order valence-corrected chi connectivity index (χ0v) is 17.0. The molecule has 4 heterocycles. The number of rotatable bonds is 2. The Morgan fingerprint density at radius 1 is 1.07 bits per heavy atom. The normalized spacial score (nSPS) is 20.7. The van der Waals surface area contributed by atoms with Crippen LogP contribution in [0.2, 0.25) is 5.02 Å². The fourth-order valence-corrected chi connectivity index (χ4v) is 5.20. The van der Waals surface area contributed by atoms with E-state index in [1.807, 2.05) is 12.4 Å². The lowest BCUT2D eigenvalue weighted by Crippen LogP contribution is -2.44. The lowest BCUT2D eigenvalue weighted by atomic mass is 9.77. The number of carbonyl (C=O) groups excluding carboxylic acids is 2. The number of nitrogens with one attached hydrogen (secondary N) is 1. The highest BCUT2D eigenvalue weighted by atomic mass is 35.5. The molecule has 2 fully saturated rings. The number of nitrogens with zero attached hydrogens (tertiary/aromatic N) is 3. The minimum atomic E-state index is -0.212. The second-order valence-corrected chi connectivity index (χ2v) is 8.74. The third-order valence-corrected chi connectivity index (χ3v) is 6.97. The summed E-state index contributed by atoms with van der Waals surface area (Å²) >= 11 is 6.61. The number of aromatic nitrogens is 2. The molecule has 150 valence electrons. The number of aryl methyl sites for hydroxylation is 1. The molecule has 2 saturated heterocycles. The average molecular weight is 411 g/mol. The second kappa shape index (κ2) is 7.10. The largest absolute Gasteiger partial charge is 0.370 e. The summed E-state index contributed by atoms with van der Waals surface area (Å²) < 4.78 is 0. The summed E-state index contributed by atoms with van der Waals surface area (Å²) in [6.45, 7) is 2.36. The van der Waals surface area contributed by atoms with Gasteiger partial charge in [0.15, 0.2) is 0 Å². The van der Waals surface area contributed by atoms with Gasteiger partial charge >= 0.3 is 0 Å². The highest BCUT2D eigenvalue weighted by Gasteiger charge is 2.44. The molecule has 2 aromatic rings. The molecule has 7 heteroatoms. The van der Waals surface area contributed by atoms with E-state index in [9.17, 15) is 9.59 Å². The molecule has 0 unspecified atom stereocenters. The molecule has 2 aromatic heterocycles. The number of hydrogen-bond acceptors (Lipinski definition) is 5. The fraction of sp³-hybridized carbons (Fsp3) is 0.455. The van der Waals surface area contributed by atoms with Crippen molar-refractivity contribution >= 4 is 29.0 Å². The van der Waals surface area contributed by atoms with Gasteiger partial charge in [-0.15, -0.1) is 0 Å². The van der Waals surface area contributed by atoms with Crippen molar-refractivity contribution in [3.8, 4) is 11.1 Å². The molecule has 6 nitrogen and oxygen atoms in total. The maximum atomic E-state index is 12.3. The van der Waals surface area contributed by atoms with Crippen molar-refractivity contribution < 1.29 is 9.59 Å². The standard InChI is InChI=1S/C22H23ClN4O2/c23-18-13-24-12-17(15-9-14-1-2-16(28)10-19(14)26-11-15)20(18)27-7-4-22(5-8-27)3-6-25-21(22)29/h9,11-13H,1-8,10H2,(H,25,29). The van der Waals surface area contributed by atoms with Crippen molar-refractivity contribution in [3.05, 3.63) is 40.9 Å². The van der Waals surface area contributed by atoms with E-state index in [1.54, 1.807) is 6.20 Å². The van der Waals surface area contributed by atoms with Gasteiger partial charge in [0, 0.05) is 62.2 Å². The third-order valence-electron chi connectivity index (χ3n) is 6.69. The first-order valence-corrected chi connectivity index (χ1v) is 10.6. The zero-order chi connectivity index (χ0) is 20.0. The number of halogens is 1. The predicted molar refractivity (Wildman–Crippen MR) is 111 cm³/mol. The molecule has 0 radical (unpaired) electrons. The summed E-state index contributed by atoms with van der Waals surface area (Å²) in [6.07, 6.45) is 9.67. The van der Waals surface area contributed by atoms with Crippen LogP contribution in [0.3, 0.4) is 0 Å². The van der Waals surface area contributed by atoms with Gasteiger partial charge < -0.3 is 10.2 Å². The number of fused-ring (bicyclic) bond motifs is 1. The van der Waals surface area contributed by atoms with Gasteiger partial charge in [-0.1, -0.05) is 11.6 Å². The molecule has 1 aliphatic carbocycles. The molecule has 0 saturated carbocycles. The maximum Gasteiger partial charge on any atom is 0.226 e. The molecule has 5 rings (SSSR count). The Labute approximate surface area is 174 Å². The van der Waals surface area contributed by atoms with Crippen molar-refractivity contribution in [2.75, 3.05) is 24.5 Å². The van der Waals surface area contributed by atoms with E-state index < -0.39 is 0 Å². The molecule has 0 bridgehead atoms. The summed E-state index contributed by atoms with van der Waals surface area (Å²) in [7, 11) is 0. The summed E-state index contributed by atoms with van der Waals surface area (Å²) in [5.74, 6) is 0.452. The summed E-state index contributed by atoms with van der Waals surface area (Å²) in [4.78, 5) is 35.2. The van der Waals surface area contributed by atoms with Gasteiger partial charge in [0.25, 0.3) is 0 Å². The van der Waals surface area contributed by atoms with E-state index in [0.717, 1.165) is 73.4 Å². The average Bonchev–Trinajstić information content (AvgIpc) is 3.08. The van der Waals surface area contributed by atoms with E-state index in [1.165, 1.54) is 0 Å². The number of anilines is 1. The van der Waals surface area contributed by atoms with Crippen molar-refractivity contribution in [2.45, 2.75) is 38.5 Å². The molecule has 1 N–H and O–H groups in total. The predicted octanol–water partition coefficient (Wildman–Crippen LogP) is 2.96. The number of hydrogen-bond donors (Lipinski definition) is 1. The molecule has 29 heavy (non-hydrogen) atoms. The quantitative estimate of drug-likeness (QED) is 0.823. The number of piperidine rings is 1. The Balaban J connectivity index is 1.47. The number of Topliss-reactive ketones (excluding diaryl/α,β-unsaturated/α-hetero) is 1. The SMILES string of the molecule is O=C1CCc2cc(-c3cncc(Cl)c3N3CCC4(CCNC4=O)CC3)cnc2C1. The smallest absolute Gasteiger partial charge is 0.226 e. The minimum absolute atomic E-state index is 0.201. The van der Waals surface area contributed by atoms with E-state index >= 15 is 0 Å². The van der Waals surface area contributed by atoms with Crippen LogP contribution in [-0.4, -0.2) is 41.3 Å². The van der Waals surface area contributed by atoms with Crippen LogP contribution in [0.4, 0.5) is 5.69 Å². The molecular formula is C22H23ClN4O2. The van der Waals surface area contributed by atoms with Crippen molar-refractivity contribution in [1.29, 1.82) is 0 Å². The molecule has 0 atom stereocenters. The van der Waals surface area contributed by atoms with Crippen LogP contribution in [-0.2, 0) is 22.4 Å². The fourth-order valence-electron chi connectivity index (χ4n) is 4.92. The van der Waals surface area contributed by atoms with Gasteiger partial charge in [-0.25, -0.2) is 0 Å². The minimum Gasteiger partial charge on any atom is -0.370 e. The van der Waals surface area contributed by atoms with Gasteiger partial charge in [0.1, 0.15) is 5.78 Å². The Bertz CT molecular complexity index is 998. The zero-order valence-electron chi connectivity index (χ0n) is 16.2. The van der Waals surface area contributed by atoms with Gasteiger partial charge in [-0.05, 0) is 37.3 Å². The van der Waals surface area contributed by atoms with Crippen molar-refractivity contribution in [3.63, 3.8) is 0 Å². The van der Waals surface area contributed by atoms with E-state index in [2.05, 4.69) is 26.3 Å². The summed E-state index contributed by atoms with van der Waals surface area (Å²) in [5, 5.41) is 3.60. The van der Waals surface area contributed by atoms with Crippen LogP contribution in [0.15, 0.2) is 24.7 Å². The Morgan fingerprint density at radius 2 is 1.90 bits per heavy atom. The molecule has 1 amide bonds. The monoisotopic (exact) mass is 410 g/mol. The number of pyridine rings is 2. The third kappa shape index (κ3) is 3.19. The molecular weight excluding hydrogens is 388 g/mol. The molecule has 1 spiro atoms. The summed E-state index contributed by atoms with van der Waals surface area (Å²) in [5.41, 5.74) is 4.69. The van der Waals surface area contributed by atoms with Crippen LogP contribution in [0.1, 0.15) is 36.9 Å². The molecule has 2 aliphatic heterocycles. The first kappa shape index (κ1) is 18.6. The van der Waals surface area contributed by atoms with E-state index in [-0.39, 0.29) is 17.1 Å². The Morgan fingerprint density at radius 3 is 2.66 bits per heavy atom. The number of carbonyl (C=O) groups is 2. The van der Waals surface area contributed by atoms with Crippen LogP contribution < -0.4 is 10.2 Å². The Kier molecular flexibility index (Phi) is 4.54. The van der Waals surface area contributed by atoms with Crippen LogP contribution >= 0.6 is 11.6 Å². The molecule has 3 aliphatic rings. The highest BCUT2D eigenvalue weighted by molar-refractivity contribution is 6.33. The van der Waals surface area contributed by atoms with Gasteiger partial charge in [0.05, 0.1) is 21.8 Å². The number of amides is 1. The highest BCUT2D eigenvalue weighted by Crippen LogP contribution is 2.43. The number of ketones is 1. The van der Waals surface area contributed by atoms with Crippen LogP contribution in [0.5, 0.6) is 0 Å². The van der Waals surface area contributed by atoms with E-state index in [4.69, 9.17) is 11.6 Å². The first-order chi connectivity index (χ1) is 14.1. The second-order valence-electron chi connectivity index (χ2n) is 8.34. The van der Waals surface area contributed by atoms with Gasteiger partial charge in [0.2, 0.25) is 5.91 Å². The lowest BCUT2D eigenvalue weighted by molar-refractivity contribution is -0.128. The van der Waals surface area contributed by atoms with Crippen molar-refractivity contribution in [1.82, 2.24) is 15.3 Å². The topological polar surface area (TPSA) is 75.2 Å². The van der Waals surface area contributed by atoms with Crippen molar-refractivity contribution in [2.24, 2.45) is 5.41 Å². The maximum absolute atomic E-state index is 12.3. The van der Waals surface area contributed by atoms with E-state index in [0.29, 0.717) is 17.9 Å². The van der Waals surface area contributed by atoms with Gasteiger partial charge in [-0.3, -0.25) is 19.6 Å². The van der Waals surface area contributed by atoms with Crippen LogP contribution in [0.25, 0.3) is 11.1 Å².